The van der Waals surface area contributed by atoms with E-state index in [-0.39, 0.29) is 12.1 Å². The zero-order valence-electron chi connectivity index (χ0n) is 6.84. The minimum atomic E-state index is 0.201. The zero-order chi connectivity index (χ0) is 7.98. The Morgan fingerprint density at radius 1 is 1.70 bits per heavy atom. The van der Waals surface area contributed by atoms with E-state index in [1.165, 1.54) is 0 Å². The molecular formula is C8H17NO. The Bertz CT molecular complexity index is 93.3. The van der Waals surface area contributed by atoms with Crippen LogP contribution in [0.4, 0.5) is 0 Å². The molecule has 0 amide bonds. The van der Waals surface area contributed by atoms with Crippen molar-refractivity contribution in [3.8, 4) is 0 Å². The van der Waals surface area contributed by atoms with Gasteiger partial charge in [0.05, 0.1) is 6.10 Å². The van der Waals surface area contributed by atoms with Crippen molar-refractivity contribution < 1.29 is 4.74 Å². The van der Waals surface area contributed by atoms with Crippen LogP contribution in [0.1, 0.15) is 19.8 Å². The van der Waals surface area contributed by atoms with E-state index in [9.17, 15) is 0 Å². The second-order valence-electron chi connectivity index (χ2n) is 2.57. The summed E-state index contributed by atoms with van der Waals surface area (Å²) in [6.45, 7) is 5.63. The highest BCUT2D eigenvalue weighted by atomic mass is 16.5. The molecule has 0 aromatic rings. The molecule has 2 nitrogen and oxygen atoms in total. The monoisotopic (exact) mass is 143 g/mol. The maximum Gasteiger partial charge on any atom is 0.0558 e. The summed E-state index contributed by atoms with van der Waals surface area (Å²) in [5.41, 5.74) is 5.71. The van der Waals surface area contributed by atoms with E-state index in [4.69, 9.17) is 10.5 Å². The molecule has 10 heavy (non-hydrogen) atoms. The quantitative estimate of drug-likeness (QED) is 0.589. The van der Waals surface area contributed by atoms with Crippen LogP contribution in [0.25, 0.3) is 0 Å². The van der Waals surface area contributed by atoms with Crippen LogP contribution >= 0.6 is 0 Å². The van der Waals surface area contributed by atoms with Crippen molar-refractivity contribution in [2.75, 3.05) is 7.11 Å². The Morgan fingerprint density at radius 3 is 2.70 bits per heavy atom. The Labute approximate surface area is 63.1 Å². The lowest BCUT2D eigenvalue weighted by Crippen LogP contribution is -2.24. The molecule has 0 rings (SSSR count). The Hall–Kier alpha value is -0.340. The van der Waals surface area contributed by atoms with Gasteiger partial charge in [-0.2, -0.15) is 0 Å². The molecular weight excluding hydrogens is 126 g/mol. The van der Waals surface area contributed by atoms with Gasteiger partial charge < -0.3 is 10.5 Å². The van der Waals surface area contributed by atoms with Crippen molar-refractivity contribution >= 4 is 0 Å². The van der Waals surface area contributed by atoms with Crippen molar-refractivity contribution in [1.82, 2.24) is 0 Å². The predicted molar refractivity (Wildman–Crippen MR) is 43.9 cm³/mol. The van der Waals surface area contributed by atoms with Crippen LogP contribution in [-0.4, -0.2) is 19.3 Å². The lowest BCUT2D eigenvalue weighted by atomic mass is 10.1. The van der Waals surface area contributed by atoms with Crippen LogP contribution in [0.15, 0.2) is 12.7 Å². The van der Waals surface area contributed by atoms with Gasteiger partial charge in [0.1, 0.15) is 0 Å². The minimum absolute atomic E-state index is 0.201. The van der Waals surface area contributed by atoms with Crippen LogP contribution in [-0.2, 0) is 4.74 Å². The Kier molecular flexibility index (Phi) is 5.26. The fourth-order valence-corrected chi connectivity index (χ4v) is 0.833. The summed E-state index contributed by atoms with van der Waals surface area (Å²) in [5.74, 6) is 0. The van der Waals surface area contributed by atoms with Crippen LogP contribution in [0, 0.1) is 0 Å². The lowest BCUT2D eigenvalue weighted by Gasteiger charge is -2.13. The number of rotatable bonds is 5. The van der Waals surface area contributed by atoms with E-state index in [0.29, 0.717) is 0 Å². The SMILES string of the molecule is C=CCC(N)CC(C)OC. The summed E-state index contributed by atoms with van der Waals surface area (Å²) < 4.78 is 5.05. The molecule has 0 saturated carbocycles. The van der Waals surface area contributed by atoms with Gasteiger partial charge in [0.15, 0.2) is 0 Å². The first-order valence-corrected chi connectivity index (χ1v) is 3.60. The van der Waals surface area contributed by atoms with Gasteiger partial charge >= 0.3 is 0 Å². The average Bonchev–Trinajstić information content (AvgIpc) is 1.88. The number of hydrogen-bond acceptors (Lipinski definition) is 2. The van der Waals surface area contributed by atoms with Crippen molar-refractivity contribution in [1.29, 1.82) is 0 Å². The van der Waals surface area contributed by atoms with E-state index >= 15 is 0 Å². The summed E-state index contributed by atoms with van der Waals surface area (Å²) in [5, 5.41) is 0. The fourth-order valence-electron chi connectivity index (χ4n) is 0.833. The van der Waals surface area contributed by atoms with E-state index in [1.54, 1.807) is 7.11 Å². The molecule has 2 unspecified atom stereocenters. The van der Waals surface area contributed by atoms with Gasteiger partial charge in [-0.25, -0.2) is 0 Å². The average molecular weight is 143 g/mol. The standard InChI is InChI=1S/C8H17NO/c1-4-5-8(9)6-7(2)10-3/h4,7-8H,1,5-6,9H2,2-3H3. The molecule has 0 radical (unpaired) electrons. The molecule has 2 atom stereocenters. The maximum atomic E-state index is 5.71. The summed E-state index contributed by atoms with van der Waals surface area (Å²) in [7, 11) is 1.70. The van der Waals surface area contributed by atoms with Gasteiger partial charge in [0, 0.05) is 13.2 Å². The highest BCUT2D eigenvalue weighted by Gasteiger charge is 2.05. The van der Waals surface area contributed by atoms with Gasteiger partial charge in [-0.15, -0.1) is 6.58 Å². The highest BCUT2D eigenvalue weighted by Crippen LogP contribution is 2.02. The second-order valence-corrected chi connectivity index (χ2v) is 2.57. The van der Waals surface area contributed by atoms with Crippen LogP contribution in [0.5, 0.6) is 0 Å². The zero-order valence-corrected chi connectivity index (χ0v) is 6.84. The topological polar surface area (TPSA) is 35.2 Å². The highest BCUT2D eigenvalue weighted by molar-refractivity contribution is 4.76. The van der Waals surface area contributed by atoms with E-state index in [1.807, 2.05) is 13.0 Å². The number of nitrogens with two attached hydrogens (primary N) is 1. The van der Waals surface area contributed by atoms with Gasteiger partial charge in [-0.3, -0.25) is 0 Å². The fraction of sp³-hybridized carbons (Fsp3) is 0.750. The second kappa shape index (κ2) is 5.45. The van der Waals surface area contributed by atoms with Gasteiger partial charge in [0.2, 0.25) is 0 Å². The molecule has 0 aliphatic rings. The first kappa shape index (κ1) is 9.66. The predicted octanol–water partition coefficient (Wildman–Crippen LogP) is 1.31. The largest absolute Gasteiger partial charge is 0.382 e. The van der Waals surface area contributed by atoms with E-state index in [2.05, 4.69) is 6.58 Å². The number of ether oxygens (including phenoxy) is 1. The molecule has 0 spiro atoms. The van der Waals surface area contributed by atoms with E-state index < -0.39 is 0 Å². The van der Waals surface area contributed by atoms with Crippen LogP contribution in [0.3, 0.4) is 0 Å². The molecule has 0 aromatic heterocycles. The molecule has 0 aromatic carbocycles. The number of methoxy groups -OCH3 is 1. The van der Waals surface area contributed by atoms with Crippen LogP contribution in [0.2, 0.25) is 0 Å². The first-order valence-electron chi connectivity index (χ1n) is 3.60. The molecule has 0 bridgehead atoms. The summed E-state index contributed by atoms with van der Waals surface area (Å²) >= 11 is 0. The molecule has 0 saturated heterocycles. The summed E-state index contributed by atoms with van der Waals surface area (Å²) in [6.07, 6.45) is 3.87. The molecule has 2 N–H and O–H groups in total. The molecule has 0 aliphatic heterocycles. The Morgan fingerprint density at radius 2 is 2.30 bits per heavy atom. The van der Waals surface area contributed by atoms with Gasteiger partial charge in [-0.1, -0.05) is 6.08 Å². The third-order valence-corrected chi connectivity index (χ3v) is 1.51. The van der Waals surface area contributed by atoms with Crippen molar-refractivity contribution in [3.05, 3.63) is 12.7 Å². The third-order valence-electron chi connectivity index (χ3n) is 1.51. The smallest absolute Gasteiger partial charge is 0.0558 e. The third kappa shape index (κ3) is 4.53. The molecule has 2 heteroatoms. The van der Waals surface area contributed by atoms with Crippen LogP contribution < -0.4 is 5.73 Å². The summed E-state index contributed by atoms with van der Waals surface area (Å²) in [4.78, 5) is 0. The van der Waals surface area contributed by atoms with Gasteiger partial charge in [0.25, 0.3) is 0 Å². The van der Waals surface area contributed by atoms with Crippen molar-refractivity contribution in [2.45, 2.75) is 31.9 Å². The Balaban J connectivity index is 3.35. The molecule has 0 fully saturated rings. The first-order chi connectivity index (χ1) is 4.70. The van der Waals surface area contributed by atoms with E-state index in [0.717, 1.165) is 12.8 Å². The minimum Gasteiger partial charge on any atom is -0.382 e. The lowest BCUT2D eigenvalue weighted by molar-refractivity contribution is 0.105. The maximum absolute atomic E-state index is 5.71. The normalized spacial score (nSPS) is 16.3. The van der Waals surface area contributed by atoms with Crippen molar-refractivity contribution in [3.63, 3.8) is 0 Å². The van der Waals surface area contributed by atoms with Gasteiger partial charge in [-0.05, 0) is 19.8 Å². The molecule has 0 heterocycles. The molecule has 60 valence electrons. The summed E-state index contributed by atoms with van der Waals surface area (Å²) in [6, 6.07) is 0.201. The van der Waals surface area contributed by atoms with Crippen molar-refractivity contribution in [2.24, 2.45) is 5.73 Å². The number of hydrogen-bond donors (Lipinski definition) is 1. The molecule has 0 aliphatic carbocycles.